The molecule has 1 aliphatic heterocycles. The lowest BCUT2D eigenvalue weighted by Gasteiger charge is -2.36. The number of ether oxygens (including phenoxy) is 1. The molecule has 0 amide bonds. The van der Waals surface area contributed by atoms with E-state index in [9.17, 15) is 0 Å². The van der Waals surface area contributed by atoms with Crippen LogP contribution in [0.2, 0.25) is 0 Å². The van der Waals surface area contributed by atoms with Gasteiger partial charge in [0.2, 0.25) is 0 Å². The molecule has 21 heavy (non-hydrogen) atoms. The lowest BCUT2D eigenvalue weighted by atomic mass is 9.94. The van der Waals surface area contributed by atoms with E-state index in [1.165, 1.54) is 0 Å². The summed E-state index contributed by atoms with van der Waals surface area (Å²) in [4.78, 5) is 2.41. The van der Waals surface area contributed by atoms with Crippen molar-refractivity contribution in [1.29, 1.82) is 0 Å². The molecule has 1 saturated heterocycles. The molecule has 0 saturated carbocycles. The summed E-state index contributed by atoms with van der Waals surface area (Å²) in [5.74, 6) is 0. The number of anilines is 1. The smallest absolute Gasteiger partial charge is 0.0728 e. The van der Waals surface area contributed by atoms with Gasteiger partial charge in [-0.15, -0.1) is 0 Å². The summed E-state index contributed by atoms with van der Waals surface area (Å²) in [6, 6.07) is 0.481. The summed E-state index contributed by atoms with van der Waals surface area (Å²) in [5, 5.41) is 8.05. The molecule has 1 aromatic heterocycles. The second-order valence-electron chi connectivity index (χ2n) is 6.46. The lowest BCUT2D eigenvalue weighted by molar-refractivity contribution is -0.0553. The molecule has 0 aromatic carbocycles. The molecule has 2 rings (SSSR count). The number of nitrogens with one attached hydrogen (secondary N) is 1. The predicted octanol–water partition coefficient (Wildman–Crippen LogP) is 2.59. The average Bonchev–Trinajstić information content (AvgIpc) is 2.86. The summed E-state index contributed by atoms with van der Waals surface area (Å²) < 4.78 is 7.79. The SMILES string of the molecule is CCN(CC)CCn1cc(NC2CCOC(C)(C)C2)cn1. The van der Waals surface area contributed by atoms with Crippen molar-refractivity contribution in [1.82, 2.24) is 14.7 Å². The van der Waals surface area contributed by atoms with E-state index in [1.54, 1.807) is 0 Å². The van der Waals surface area contributed by atoms with Gasteiger partial charge in [-0.3, -0.25) is 4.68 Å². The first-order chi connectivity index (χ1) is 10.0. The predicted molar refractivity (Wildman–Crippen MR) is 86.7 cm³/mol. The standard InChI is InChI=1S/C16H30N4O/c1-5-19(6-2)8-9-20-13-15(12-17-20)18-14-7-10-21-16(3,4)11-14/h12-14,18H,5-11H2,1-4H3. The van der Waals surface area contributed by atoms with Crippen molar-refractivity contribution in [2.45, 2.75) is 58.7 Å². The van der Waals surface area contributed by atoms with Crippen molar-refractivity contribution >= 4 is 5.69 Å². The minimum atomic E-state index is -0.0192. The van der Waals surface area contributed by atoms with Crippen LogP contribution in [0, 0.1) is 0 Å². The first kappa shape index (κ1) is 16.3. The van der Waals surface area contributed by atoms with Crippen molar-refractivity contribution in [3.63, 3.8) is 0 Å². The minimum Gasteiger partial charge on any atom is -0.380 e. The number of hydrogen-bond donors (Lipinski definition) is 1. The molecule has 1 aromatic rings. The first-order valence-electron chi connectivity index (χ1n) is 8.17. The second kappa shape index (κ2) is 7.27. The van der Waals surface area contributed by atoms with E-state index in [1.807, 2.05) is 10.9 Å². The maximum Gasteiger partial charge on any atom is 0.0728 e. The largest absolute Gasteiger partial charge is 0.380 e. The van der Waals surface area contributed by atoms with Crippen LogP contribution in [-0.2, 0) is 11.3 Å². The van der Waals surface area contributed by atoms with E-state index >= 15 is 0 Å². The molecular formula is C16H30N4O. The minimum absolute atomic E-state index is 0.0192. The lowest BCUT2D eigenvalue weighted by Crippen LogP contribution is -2.40. The maximum atomic E-state index is 5.76. The van der Waals surface area contributed by atoms with Crippen LogP contribution in [0.25, 0.3) is 0 Å². The zero-order valence-corrected chi connectivity index (χ0v) is 13.9. The third-order valence-corrected chi connectivity index (χ3v) is 4.24. The van der Waals surface area contributed by atoms with Crippen molar-refractivity contribution < 1.29 is 4.74 Å². The van der Waals surface area contributed by atoms with Gasteiger partial charge in [-0.2, -0.15) is 5.10 Å². The molecule has 1 aliphatic rings. The fraction of sp³-hybridized carbons (Fsp3) is 0.812. The molecule has 2 heterocycles. The van der Waals surface area contributed by atoms with Gasteiger partial charge in [0.1, 0.15) is 0 Å². The Kier molecular flexibility index (Phi) is 5.65. The van der Waals surface area contributed by atoms with E-state index in [4.69, 9.17) is 4.74 Å². The van der Waals surface area contributed by atoms with Crippen molar-refractivity contribution in [3.05, 3.63) is 12.4 Å². The Bertz CT molecular complexity index is 426. The Labute approximate surface area is 128 Å². The molecule has 0 spiro atoms. The van der Waals surface area contributed by atoms with Gasteiger partial charge in [0.05, 0.1) is 24.0 Å². The normalized spacial score (nSPS) is 21.7. The number of likely N-dealkylation sites (N-methyl/N-ethyl adjacent to an activating group) is 1. The number of rotatable bonds is 7. The summed E-state index contributed by atoms with van der Waals surface area (Å²) in [5.41, 5.74) is 1.10. The number of hydrogen-bond acceptors (Lipinski definition) is 4. The molecule has 1 N–H and O–H groups in total. The highest BCUT2D eigenvalue weighted by atomic mass is 16.5. The monoisotopic (exact) mass is 294 g/mol. The van der Waals surface area contributed by atoms with Crippen LogP contribution in [0.4, 0.5) is 5.69 Å². The van der Waals surface area contributed by atoms with E-state index in [0.717, 1.165) is 51.3 Å². The third kappa shape index (κ3) is 5.00. The first-order valence-corrected chi connectivity index (χ1v) is 8.17. The Hall–Kier alpha value is -1.07. The molecular weight excluding hydrogens is 264 g/mol. The van der Waals surface area contributed by atoms with Gasteiger partial charge in [-0.05, 0) is 39.8 Å². The molecule has 5 heteroatoms. The molecule has 5 nitrogen and oxygen atoms in total. The Morgan fingerprint density at radius 3 is 2.86 bits per heavy atom. The van der Waals surface area contributed by atoms with E-state index in [0.29, 0.717) is 6.04 Å². The van der Waals surface area contributed by atoms with Gasteiger partial charge >= 0.3 is 0 Å². The number of aromatic nitrogens is 2. The van der Waals surface area contributed by atoms with E-state index in [2.05, 4.69) is 49.2 Å². The van der Waals surface area contributed by atoms with Crippen molar-refractivity contribution in [3.8, 4) is 0 Å². The van der Waals surface area contributed by atoms with Gasteiger partial charge in [-0.25, -0.2) is 0 Å². The van der Waals surface area contributed by atoms with Gasteiger partial charge in [0.15, 0.2) is 0 Å². The van der Waals surface area contributed by atoms with Gasteiger partial charge in [-0.1, -0.05) is 13.8 Å². The summed E-state index contributed by atoms with van der Waals surface area (Å²) >= 11 is 0. The topological polar surface area (TPSA) is 42.3 Å². The van der Waals surface area contributed by atoms with Crippen LogP contribution in [-0.4, -0.2) is 52.6 Å². The highest BCUT2D eigenvalue weighted by Crippen LogP contribution is 2.26. The van der Waals surface area contributed by atoms with Crippen LogP contribution in [0.1, 0.15) is 40.5 Å². The van der Waals surface area contributed by atoms with Gasteiger partial charge in [0.25, 0.3) is 0 Å². The van der Waals surface area contributed by atoms with Crippen molar-refractivity contribution in [2.24, 2.45) is 0 Å². The highest BCUT2D eigenvalue weighted by Gasteiger charge is 2.28. The second-order valence-corrected chi connectivity index (χ2v) is 6.46. The summed E-state index contributed by atoms with van der Waals surface area (Å²) in [7, 11) is 0. The van der Waals surface area contributed by atoms with Crippen molar-refractivity contribution in [2.75, 3.05) is 31.6 Å². The van der Waals surface area contributed by atoms with Crippen LogP contribution >= 0.6 is 0 Å². The molecule has 1 fully saturated rings. The molecule has 0 aliphatic carbocycles. The number of nitrogens with zero attached hydrogens (tertiary/aromatic N) is 3. The highest BCUT2D eigenvalue weighted by molar-refractivity contribution is 5.39. The fourth-order valence-corrected chi connectivity index (χ4v) is 2.93. The zero-order valence-electron chi connectivity index (χ0n) is 13.9. The van der Waals surface area contributed by atoms with Crippen LogP contribution < -0.4 is 5.32 Å². The van der Waals surface area contributed by atoms with E-state index in [-0.39, 0.29) is 5.60 Å². The quantitative estimate of drug-likeness (QED) is 0.839. The Balaban J connectivity index is 1.82. The maximum absolute atomic E-state index is 5.76. The molecule has 120 valence electrons. The molecule has 1 atom stereocenters. The van der Waals surface area contributed by atoms with Gasteiger partial charge < -0.3 is 15.0 Å². The fourth-order valence-electron chi connectivity index (χ4n) is 2.93. The summed E-state index contributed by atoms with van der Waals surface area (Å²) in [6.45, 7) is 13.8. The average molecular weight is 294 g/mol. The Morgan fingerprint density at radius 1 is 1.43 bits per heavy atom. The summed E-state index contributed by atoms with van der Waals surface area (Å²) in [6.07, 6.45) is 6.16. The third-order valence-electron chi connectivity index (χ3n) is 4.24. The molecule has 0 bridgehead atoms. The molecule has 0 radical (unpaired) electrons. The van der Waals surface area contributed by atoms with Crippen LogP contribution in [0.3, 0.4) is 0 Å². The molecule has 1 unspecified atom stereocenters. The van der Waals surface area contributed by atoms with Crippen LogP contribution in [0.5, 0.6) is 0 Å². The Morgan fingerprint density at radius 2 is 2.19 bits per heavy atom. The van der Waals surface area contributed by atoms with E-state index < -0.39 is 0 Å². The zero-order chi connectivity index (χ0) is 15.3. The van der Waals surface area contributed by atoms with Crippen LogP contribution in [0.15, 0.2) is 12.4 Å². The van der Waals surface area contributed by atoms with Gasteiger partial charge in [0, 0.05) is 25.4 Å².